The fourth-order valence-electron chi connectivity index (χ4n) is 1.24. The van der Waals surface area contributed by atoms with Gasteiger partial charge in [0, 0.05) is 6.54 Å². The van der Waals surface area contributed by atoms with Crippen molar-refractivity contribution in [3.8, 4) is 0 Å². The van der Waals surface area contributed by atoms with Gasteiger partial charge < -0.3 is 16.0 Å². The van der Waals surface area contributed by atoms with Crippen LogP contribution in [0.5, 0.6) is 0 Å². The van der Waals surface area contributed by atoms with Crippen molar-refractivity contribution in [2.75, 3.05) is 18.4 Å². The number of urea groups is 1. The molecule has 0 aliphatic rings. The lowest BCUT2D eigenvalue weighted by molar-refractivity contribution is -0.120. The van der Waals surface area contributed by atoms with Gasteiger partial charge in [-0.15, -0.1) is 0 Å². The van der Waals surface area contributed by atoms with Crippen LogP contribution in [0.25, 0.3) is 0 Å². The number of rotatable bonds is 5. The Morgan fingerprint density at radius 3 is 2.68 bits per heavy atom. The van der Waals surface area contributed by atoms with Crippen LogP contribution in [-0.2, 0) is 4.79 Å². The molecule has 0 saturated carbocycles. The molecule has 1 rings (SSSR count). The molecule has 3 amide bonds. The summed E-state index contributed by atoms with van der Waals surface area (Å²) < 4.78 is 12.8. The molecule has 7 heteroatoms. The SMILES string of the molecule is CCCNC(=O)CNC(=O)Nc1ccc(F)cc1Cl. The topological polar surface area (TPSA) is 70.2 Å². The van der Waals surface area contributed by atoms with E-state index in [9.17, 15) is 14.0 Å². The Hall–Kier alpha value is -1.82. The average molecular weight is 288 g/mol. The minimum absolute atomic E-state index is 0.0885. The van der Waals surface area contributed by atoms with Gasteiger partial charge in [-0.3, -0.25) is 4.79 Å². The van der Waals surface area contributed by atoms with Crippen molar-refractivity contribution in [2.45, 2.75) is 13.3 Å². The second kappa shape index (κ2) is 7.58. The number of halogens is 2. The minimum atomic E-state index is -0.583. The van der Waals surface area contributed by atoms with Gasteiger partial charge in [-0.25, -0.2) is 9.18 Å². The molecule has 104 valence electrons. The zero-order chi connectivity index (χ0) is 14.3. The Labute approximate surface area is 115 Å². The smallest absolute Gasteiger partial charge is 0.319 e. The molecule has 0 spiro atoms. The van der Waals surface area contributed by atoms with Crippen LogP contribution in [0.2, 0.25) is 5.02 Å². The predicted octanol–water partition coefficient (Wildman–Crippen LogP) is 2.13. The molecule has 0 aliphatic heterocycles. The van der Waals surface area contributed by atoms with E-state index >= 15 is 0 Å². The van der Waals surface area contributed by atoms with Gasteiger partial charge in [-0.05, 0) is 24.6 Å². The van der Waals surface area contributed by atoms with Crippen molar-refractivity contribution in [1.82, 2.24) is 10.6 Å². The van der Waals surface area contributed by atoms with Crippen LogP contribution in [0.15, 0.2) is 18.2 Å². The normalized spacial score (nSPS) is 9.84. The summed E-state index contributed by atoms with van der Waals surface area (Å²) in [6.07, 6.45) is 0.823. The number of hydrogen-bond acceptors (Lipinski definition) is 2. The lowest BCUT2D eigenvalue weighted by atomic mass is 10.3. The molecular formula is C12H15ClFN3O2. The second-order valence-electron chi connectivity index (χ2n) is 3.78. The van der Waals surface area contributed by atoms with Gasteiger partial charge in [0.2, 0.25) is 5.91 Å². The van der Waals surface area contributed by atoms with Crippen molar-refractivity contribution in [3.63, 3.8) is 0 Å². The third-order valence-electron chi connectivity index (χ3n) is 2.16. The van der Waals surface area contributed by atoms with E-state index in [2.05, 4.69) is 16.0 Å². The van der Waals surface area contributed by atoms with E-state index in [1.165, 1.54) is 12.1 Å². The molecule has 0 atom stereocenters. The molecule has 0 radical (unpaired) electrons. The Morgan fingerprint density at radius 2 is 2.05 bits per heavy atom. The molecule has 0 unspecified atom stereocenters. The van der Waals surface area contributed by atoms with Crippen LogP contribution in [0, 0.1) is 5.82 Å². The van der Waals surface area contributed by atoms with Gasteiger partial charge in [0.1, 0.15) is 5.82 Å². The minimum Gasteiger partial charge on any atom is -0.355 e. The molecule has 0 heterocycles. The fourth-order valence-corrected chi connectivity index (χ4v) is 1.46. The summed E-state index contributed by atoms with van der Waals surface area (Å²) >= 11 is 5.74. The van der Waals surface area contributed by atoms with Crippen molar-refractivity contribution in [2.24, 2.45) is 0 Å². The third-order valence-corrected chi connectivity index (χ3v) is 2.47. The van der Waals surface area contributed by atoms with Crippen LogP contribution in [-0.4, -0.2) is 25.0 Å². The number of benzene rings is 1. The Morgan fingerprint density at radius 1 is 1.32 bits per heavy atom. The largest absolute Gasteiger partial charge is 0.355 e. The van der Waals surface area contributed by atoms with E-state index < -0.39 is 11.8 Å². The summed E-state index contributed by atoms with van der Waals surface area (Å²) in [5, 5.41) is 7.49. The molecular weight excluding hydrogens is 273 g/mol. The molecule has 0 fully saturated rings. The van der Waals surface area contributed by atoms with Crippen molar-refractivity contribution in [3.05, 3.63) is 29.0 Å². The van der Waals surface area contributed by atoms with Crippen LogP contribution >= 0.6 is 11.6 Å². The Balaban J connectivity index is 2.41. The maximum absolute atomic E-state index is 12.8. The first-order valence-electron chi connectivity index (χ1n) is 5.79. The van der Waals surface area contributed by atoms with E-state index in [4.69, 9.17) is 11.6 Å². The van der Waals surface area contributed by atoms with E-state index in [0.29, 0.717) is 6.54 Å². The molecule has 0 aliphatic carbocycles. The van der Waals surface area contributed by atoms with E-state index in [1.807, 2.05) is 6.92 Å². The zero-order valence-corrected chi connectivity index (χ0v) is 11.2. The summed E-state index contributed by atoms with van der Waals surface area (Å²) in [7, 11) is 0. The molecule has 3 N–H and O–H groups in total. The fraction of sp³-hybridized carbons (Fsp3) is 0.333. The highest BCUT2D eigenvalue weighted by molar-refractivity contribution is 6.33. The van der Waals surface area contributed by atoms with Crippen LogP contribution in [0.1, 0.15) is 13.3 Å². The average Bonchev–Trinajstić information content (AvgIpc) is 2.37. The van der Waals surface area contributed by atoms with Gasteiger partial charge in [-0.1, -0.05) is 18.5 Å². The standard InChI is InChI=1S/C12H15ClFN3O2/c1-2-5-15-11(18)7-16-12(19)17-10-4-3-8(14)6-9(10)13/h3-4,6H,2,5,7H2,1H3,(H,15,18)(H2,16,17,19). The van der Waals surface area contributed by atoms with Gasteiger partial charge in [-0.2, -0.15) is 0 Å². The predicted molar refractivity (Wildman–Crippen MR) is 71.7 cm³/mol. The zero-order valence-electron chi connectivity index (χ0n) is 10.4. The van der Waals surface area contributed by atoms with Gasteiger partial charge in [0.05, 0.1) is 17.3 Å². The number of amides is 3. The first-order valence-corrected chi connectivity index (χ1v) is 6.17. The maximum atomic E-state index is 12.8. The highest BCUT2D eigenvalue weighted by atomic mass is 35.5. The summed E-state index contributed by atoms with van der Waals surface area (Å²) in [5.74, 6) is -0.767. The quantitative estimate of drug-likeness (QED) is 0.776. The van der Waals surface area contributed by atoms with Crippen LogP contribution in [0.3, 0.4) is 0 Å². The summed E-state index contributed by atoms with van der Waals surface area (Å²) in [6, 6.07) is 3.02. The summed E-state index contributed by atoms with van der Waals surface area (Å²) in [5.41, 5.74) is 0.273. The van der Waals surface area contributed by atoms with Crippen LogP contribution < -0.4 is 16.0 Å². The highest BCUT2D eigenvalue weighted by Gasteiger charge is 2.07. The number of anilines is 1. The monoisotopic (exact) mass is 287 g/mol. The molecule has 1 aromatic rings. The van der Waals surface area contributed by atoms with Gasteiger partial charge >= 0.3 is 6.03 Å². The van der Waals surface area contributed by atoms with Crippen molar-refractivity contribution < 1.29 is 14.0 Å². The number of nitrogens with one attached hydrogen (secondary N) is 3. The van der Waals surface area contributed by atoms with Gasteiger partial charge in [0.25, 0.3) is 0 Å². The van der Waals surface area contributed by atoms with E-state index in [-0.39, 0.29) is 23.2 Å². The molecule has 0 aromatic heterocycles. The molecule has 19 heavy (non-hydrogen) atoms. The first kappa shape index (κ1) is 15.2. The Bertz CT molecular complexity index is 468. The number of carbonyl (C=O) groups is 2. The van der Waals surface area contributed by atoms with Crippen molar-refractivity contribution in [1.29, 1.82) is 0 Å². The van der Waals surface area contributed by atoms with Crippen molar-refractivity contribution >= 4 is 29.2 Å². The lowest BCUT2D eigenvalue weighted by Gasteiger charge is -2.09. The lowest BCUT2D eigenvalue weighted by Crippen LogP contribution is -2.39. The van der Waals surface area contributed by atoms with Crippen LogP contribution in [0.4, 0.5) is 14.9 Å². The third kappa shape index (κ3) is 5.56. The summed E-state index contributed by atoms with van der Waals surface area (Å²) in [6.45, 7) is 2.35. The second-order valence-corrected chi connectivity index (χ2v) is 4.19. The maximum Gasteiger partial charge on any atom is 0.319 e. The van der Waals surface area contributed by atoms with E-state index in [1.54, 1.807) is 0 Å². The first-order chi connectivity index (χ1) is 9.02. The van der Waals surface area contributed by atoms with E-state index in [0.717, 1.165) is 12.5 Å². The molecule has 0 bridgehead atoms. The highest BCUT2D eigenvalue weighted by Crippen LogP contribution is 2.21. The number of carbonyl (C=O) groups excluding carboxylic acids is 2. The molecule has 5 nitrogen and oxygen atoms in total. The molecule has 1 aromatic carbocycles. The summed E-state index contributed by atoms with van der Waals surface area (Å²) in [4.78, 5) is 22.7. The Kier molecular flexibility index (Phi) is 6.08. The number of hydrogen-bond donors (Lipinski definition) is 3. The van der Waals surface area contributed by atoms with Gasteiger partial charge in [0.15, 0.2) is 0 Å². The molecule has 0 saturated heterocycles.